The van der Waals surface area contributed by atoms with Crippen molar-refractivity contribution in [1.82, 2.24) is 0 Å². The standard InChI is InChI=1S/C14H10N2O6.2Na/c17-11-3-1-7(5-9(11)13(19)20)15-16-8-2-4-12(18)10(6-8)14(21)22;;/h1-6,17-18H,(H,19,20)(H,21,22);;. The molecule has 0 fully saturated rings. The second-order valence-corrected chi connectivity index (χ2v) is 4.21. The molecule has 0 heterocycles. The molecule has 10 heteroatoms. The van der Waals surface area contributed by atoms with E-state index in [1.165, 1.54) is 12.1 Å². The molecule has 0 bridgehead atoms. The number of hydrogen-bond acceptors (Lipinski definition) is 6. The molecule has 0 aliphatic heterocycles. The van der Waals surface area contributed by atoms with Gasteiger partial charge in [-0.15, -0.1) is 0 Å². The van der Waals surface area contributed by atoms with Crippen LogP contribution < -0.4 is 0 Å². The normalized spacial score (nSPS) is 9.83. The van der Waals surface area contributed by atoms with Gasteiger partial charge in [0, 0.05) is 59.1 Å². The number of carboxylic acid groups (broad SMARTS) is 2. The number of nitrogens with zero attached hydrogens (tertiary/aromatic N) is 2. The van der Waals surface area contributed by atoms with Crippen molar-refractivity contribution in [3.05, 3.63) is 47.5 Å². The molecule has 0 saturated heterocycles. The Morgan fingerprint density at radius 3 is 1.33 bits per heavy atom. The Morgan fingerprint density at radius 2 is 1.04 bits per heavy atom. The summed E-state index contributed by atoms with van der Waals surface area (Å²) in [4.78, 5) is 21.8. The number of phenols is 2. The van der Waals surface area contributed by atoms with Crippen LogP contribution in [0.5, 0.6) is 11.5 Å². The molecule has 2 rings (SSSR count). The average Bonchev–Trinajstić information content (AvgIpc) is 2.47. The van der Waals surface area contributed by atoms with Gasteiger partial charge in [0.25, 0.3) is 0 Å². The van der Waals surface area contributed by atoms with Crippen LogP contribution in [0.15, 0.2) is 46.6 Å². The molecule has 114 valence electrons. The number of carbonyl (C=O) groups is 2. The topological polar surface area (TPSA) is 140 Å². The van der Waals surface area contributed by atoms with E-state index in [0.29, 0.717) is 0 Å². The minimum Gasteiger partial charge on any atom is -0.507 e. The first-order valence-corrected chi connectivity index (χ1v) is 5.93. The Labute approximate surface area is 180 Å². The molecule has 0 saturated carbocycles. The van der Waals surface area contributed by atoms with E-state index < -0.39 is 23.4 Å². The van der Waals surface area contributed by atoms with E-state index in [1.807, 2.05) is 0 Å². The second-order valence-electron chi connectivity index (χ2n) is 4.21. The summed E-state index contributed by atoms with van der Waals surface area (Å²) in [6, 6.07) is 7.28. The van der Waals surface area contributed by atoms with Crippen molar-refractivity contribution in [2.45, 2.75) is 0 Å². The summed E-state index contributed by atoms with van der Waals surface area (Å²) >= 11 is 0. The zero-order valence-corrected chi connectivity index (χ0v) is 17.0. The van der Waals surface area contributed by atoms with Gasteiger partial charge < -0.3 is 20.4 Å². The van der Waals surface area contributed by atoms with E-state index in [-0.39, 0.29) is 81.6 Å². The summed E-state index contributed by atoms with van der Waals surface area (Å²) in [7, 11) is 0. The van der Waals surface area contributed by atoms with Crippen molar-refractivity contribution < 1.29 is 30.0 Å². The van der Waals surface area contributed by atoms with Crippen molar-refractivity contribution in [2.24, 2.45) is 10.2 Å². The van der Waals surface area contributed by atoms with Crippen LogP contribution in [0.25, 0.3) is 0 Å². The number of azo groups is 1. The van der Waals surface area contributed by atoms with Crippen molar-refractivity contribution in [3.63, 3.8) is 0 Å². The third-order valence-corrected chi connectivity index (χ3v) is 2.70. The summed E-state index contributed by atoms with van der Waals surface area (Å²) < 4.78 is 0. The summed E-state index contributed by atoms with van der Waals surface area (Å²) in [5, 5.41) is 44.0. The Balaban J connectivity index is 0.00000264. The fourth-order valence-corrected chi connectivity index (χ4v) is 1.63. The minimum atomic E-state index is -1.31. The molecular weight excluding hydrogens is 338 g/mol. The first kappa shape index (κ1) is 22.6. The van der Waals surface area contributed by atoms with Gasteiger partial charge in [0.1, 0.15) is 22.6 Å². The van der Waals surface area contributed by atoms with E-state index >= 15 is 0 Å². The van der Waals surface area contributed by atoms with Crippen molar-refractivity contribution in [3.8, 4) is 11.5 Å². The molecule has 0 aliphatic rings. The maximum atomic E-state index is 10.9. The van der Waals surface area contributed by atoms with Crippen molar-refractivity contribution in [1.29, 1.82) is 0 Å². The fraction of sp³-hybridized carbons (Fsp3) is 0. The smallest absolute Gasteiger partial charge is 0.339 e. The van der Waals surface area contributed by atoms with Gasteiger partial charge in [0.2, 0.25) is 0 Å². The second kappa shape index (κ2) is 9.77. The molecule has 2 aromatic carbocycles. The molecule has 2 aromatic rings. The maximum Gasteiger partial charge on any atom is 0.339 e. The van der Waals surface area contributed by atoms with Crippen LogP contribution in [-0.2, 0) is 0 Å². The first-order valence-electron chi connectivity index (χ1n) is 5.93. The van der Waals surface area contributed by atoms with Gasteiger partial charge in [-0.2, -0.15) is 10.2 Å². The van der Waals surface area contributed by atoms with Gasteiger partial charge in [-0.05, 0) is 36.4 Å². The summed E-state index contributed by atoms with van der Waals surface area (Å²) in [6.45, 7) is 0. The summed E-state index contributed by atoms with van der Waals surface area (Å²) in [5.74, 6) is -3.42. The number of aromatic carboxylic acids is 2. The van der Waals surface area contributed by atoms with Crippen LogP contribution >= 0.6 is 0 Å². The quantitative estimate of drug-likeness (QED) is 0.493. The molecule has 24 heavy (non-hydrogen) atoms. The predicted molar refractivity (Wildman–Crippen MR) is 85.8 cm³/mol. The predicted octanol–water partition coefficient (Wildman–Crippen LogP) is 2.15. The molecule has 2 radical (unpaired) electrons. The van der Waals surface area contributed by atoms with E-state index in [1.54, 1.807) is 0 Å². The van der Waals surface area contributed by atoms with Crippen LogP contribution in [-0.4, -0.2) is 91.5 Å². The Bertz CT molecular complexity index is 729. The van der Waals surface area contributed by atoms with Crippen molar-refractivity contribution in [2.75, 3.05) is 0 Å². The zero-order chi connectivity index (χ0) is 16.3. The van der Waals surface area contributed by atoms with Gasteiger partial charge in [-0.3, -0.25) is 0 Å². The van der Waals surface area contributed by atoms with Gasteiger partial charge in [-0.1, -0.05) is 0 Å². The number of hydrogen-bond donors (Lipinski definition) is 4. The van der Waals surface area contributed by atoms with Crippen LogP contribution in [0.3, 0.4) is 0 Å². The van der Waals surface area contributed by atoms with Crippen LogP contribution in [0.2, 0.25) is 0 Å². The number of aromatic hydroxyl groups is 2. The first-order chi connectivity index (χ1) is 10.4. The molecule has 0 aliphatic carbocycles. The van der Waals surface area contributed by atoms with Crippen molar-refractivity contribution >= 4 is 82.4 Å². The van der Waals surface area contributed by atoms with Gasteiger partial charge in [0.05, 0.1) is 11.4 Å². The van der Waals surface area contributed by atoms with E-state index in [9.17, 15) is 19.8 Å². The molecule has 0 spiro atoms. The number of rotatable bonds is 4. The Hall–Kier alpha value is -1.42. The van der Waals surface area contributed by atoms with Crippen LogP contribution in [0, 0.1) is 0 Å². The minimum absolute atomic E-state index is 0. The molecule has 0 aromatic heterocycles. The van der Waals surface area contributed by atoms with Crippen LogP contribution in [0.1, 0.15) is 20.7 Å². The number of carboxylic acids is 2. The SMILES string of the molecule is O=C(O)c1cc(N=Nc2ccc(O)c(C(=O)O)c2)ccc1O.[Na].[Na]. The zero-order valence-electron chi connectivity index (χ0n) is 13.0. The largest absolute Gasteiger partial charge is 0.507 e. The average molecular weight is 348 g/mol. The van der Waals surface area contributed by atoms with E-state index in [0.717, 1.165) is 24.3 Å². The molecular formula is C14H10N2Na2O6. The molecule has 0 atom stereocenters. The third-order valence-electron chi connectivity index (χ3n) is 2.70. The number of benzene rings is 2. The Morgan fingerprint density at radius 1 is 0.708 bits per heavy atom. The monoisotopic (exact) mass is 348 g/mol. The van der Waals surface area contributed by atoms with Gasteiger partial charge in [-0.25, -0.2) is 9.59 Å². The molecule has 4 N–H and O–H groups in total. The van der Waals surface area contributed by atoms with Gasteiger partial charge >= 0.3 is 11.9 Å². The molecule has 0 amide bonds. The molecule has 8 nitrogen and oxygen atoms in total. The van der Waals surface area contributed by atoms with E-state index in [4.69, 9.17) is 10.2 Å². The van der Waals surface area contributed by atoms with Crippen LogP contribution in [0.4, 0.5) is 11.4 Å². The fourth-order valence-electron chi connectivity index (χ4n) is 1.63. The van der Waals surface area contributed by atoms with E-state index in [2.05, 4.69) is 10.2 Å². The van der Waals surface area contributed by atoms with Gasteiger partial charge in [0.15, 0.2) is 0 Å². The molecule has 0 unspecified atom stereocenters. The summed E-state index contributed by atoms with van der Waals surface area (Å²) in [5.41, 5.74) is -0.318. The third kappa shape index (κ3) is 5.59. The Kier molecular flexibility index (Phi) is 9.20. The summed E-state index contributed by atoms with van der Waals surface area (Å²) in [6.07, 6.45) is 0. The maximum absolute atomic E-state index is 10.9.